The summed E-state index contributed by atoms with van der Waals surface area (Å²) in [4.78, 5) is 24.5. The topological polar surface area (TPSA) is 83.6 Å². The van der Waals surface area contributed by atoms with Gasteiger partial charge in [-0.25, -0.2) is 0 Å². The van der Waals surface area contributed by atoms with Crippen molar-refractivity contribution in [3.8, 4) is 0 Å². The van der Waals surface area contributed by atoms with Crippen LogP contribution < -0.4 is 5.73 Å². The summed E-state index contributed by atoms with van der Waals surface area (Å²) in [6, 6.07) is -0.443. The Morgan fingerprint density at radius 1 is 1.56 bits per heavy atom. The highest BCUT2D eigenvalue weighted by Gasteiger charge is 2.27. The van der Waals surface area contributed by atoms with Crippen LogP contribution in [0.4, 0.5) is 0 Å². The van der Waals surface area contributed by atoms with E-state index in [-0.39, 0.29) is 18.2 Å². The number of likely N-dealkylation sites (tertiary alicyclic amines) is 1. The van der Waals surface area contributed by atoms with Crippen molar-refractivity contribution in [2.75, 3.05) is 25.1 Å². The smallest absolute Gasteiger partial charge is 0.303 e. The highest BCUT2D eigenvalue weighted by molar-refractivity contribution is 7.98. The zero-order chi connectivity index (χ0) is 13.5. The molecule has 1 saturated heterocycles. The van der Waals surface area contributed by atoms with Crippen molar-refractivity contribution in [3.63, 3.8) is 0 Å². The van der Waals surface area contributed by atoms with Gasteiger partial charge < -0.3 is 15.7 Å². The quantitative estimate of drug-likeness (QED) is 0.748. The van der Waals surface area contributed by atoms with Crippen molar-refractivity contribution in [2.24, 2.45) is 11.7 Å². The number of rotatable bonds is 6. The van der Waals surface area contributed by atoms with Gasteiger partial charge in [-0.1, -0.05) is 0 Å². The van der Waals surface area contributed by atoms with Gasteiger partial charge in [0.1, 0.15) is 0 Å². The van der Waals surface area contributed by atoms with Gasteiger partial charge in [-0.3, -0.25) is 9.59 Å². The number of carboxylic acids is 1. The molecule has 0 radical (unpaired) electrons. The van der Waals surface area contributed by atoms with Crippen LogP contribution in [0.25, 0.3) is 0 Å². The molecule has 0 saturated carbocycles. The average Bonchev–Trinajstić information content (AvgIpc) is 2.34. The van der Waals surface area contributed by atoms with Crippen LogP contribution in [-0.4, -0.2) is 53.0 Å². The summed E-state index contributed by atoms with van der Waals surface area (Å²) in [5.41, 5.74) is 5.86. The fourth-order valence-electron chi connectivity index (χ4n) is 2.28. The van der Waals surface area contributed by atoms with Gasteiger partial charge >= 0.3 is 5.97 Å². The molecule has 18 heavy (non-hydrogen) atoms. The molecule has 2 atom stereocenters. The number of carbonyl (C=O) groups is 2. The molecule has 1 rings (SSSR count). The Hall–Kier alpha value is -0.750. The number of carboxylic acid groups (broad SMARTS) is 1. The Labute approximate surface area is 112 Å². The van der Waals surface area contributed by atoms with E-state index in [1.807, 2.05) is 6.26 Å². The summed E-state index contributed by atoms with van der Waals surface area (Å²) in [5.74, 6) is 0.132. The molecule has 5 nitrogen and oxygen atoms in total. The van der Waals surface area contributed by atoms with Crippen LogP contribution >= 0.6 is 11.8 Å². The number of aliphatic carboxylic acids is 1. The van der Waals surface area contributed by atoms with Gasteiger partial charge in [-0.15, -0.1) is 0 Å². The van der Waals surface area contributed by atoms with Crippen molar-refractivity contribution in [2.45, 2.75) is 31.7 Å². The number of hydrogen-bond acceptors (Lipinski definition) is 4. The maximum absolute atomic E-state index is 12.1. The SMILES string of the molecule is CSCC[C@H](N)C(=O)N1CCCC(CC(=O)O)C1. The molecule has 0 spiro atoms. The first-order chi connectivity index (χ1) is 8.54. The second kappa shape index (κ2) is 7.63. The summed E-state index contributed by atoms with van der Waals surface area (Å²) in [5, 5.41) is 8.79. The molecule has 104 valence electrons. The molecule has 0 aromatic rings. The first kappa shape index (κ1) is 15.3. The molecule has 6 heteroatoms. The number of piperidine rings is 1. The molecule has 1 fully saturated rings. The molecule has 0 aliphatic carbocycles. The van der Waals surface area contributed by atoms with Crippen LogP contribution in [0.2, 0.25) is 0 Å². The van der Waals surface area contributed by atoms with Crippen molar-refractivity contribution in [3.05, 3.63) is 0 Å². The normalized spacial score (nSPS) is 21.7. The highest BCUT2D eigenvalue weighted by atomic mass is 32.2. The van der Waals surface area contributed by atoms with E-state index in [9.17, 15) is 9.59 Å². The van der Waals surface area contributed by atoms with E-state index in [1.54, 1.807) is 16.7 Å². The molecular formula is C12H22N2O3S. The third-order valence-corrected chi connectivity index (χ3v) is 3.89. The summed E-state index contributed by atoms with van der Waals surface area (Å²) in [7, 11) is 0. The highest BCUT2D eigenvalue weighted by Crippen LogP contribution is 2.20. The molecule has 1 heterocycles. The van der Waals surface area contributed by atoms with Crippen LogP contribution in [-0.2, 0) is 9.59 Å². The molecule has 1 unspecified atom stereocenters. The Morgan fingerprint density at radius 2 is 2.28 bits per heavy atom. The monoisotopic (exact) mass is 274 g/mol. The van der Waals surface area contributed by atoms with Gasteiger partial charge in [0.15, 0.2) is 0 Å². The Kier molecular flexibility index (Phi) is 6.49. The largest absolute Gasteiger partial charge is 0.481 e. The molecule has 1 aliphatic rings. The maximum Gasteiger partial charge on any atom is 0.303 e. The minimum absolute atomic E-state index is 0.0286. The third-order valence-electron chi connectivity index (χ3n) is 3.24. The van der Waals surface area contributed by atoms with Crippen molar-refractivity contribution < 1.29 is 14.7 Å². The third kappa shape index (κ3) is 4.86. The van der Waals surface area contributed by atoms with Crippen LogP contribution in [0.15, 0.2) is 0 Å². The van der Waals surface area contributed by atoms with Crippen LogP contribution in [0.3, 0.4) is 0 Å². The predicted octanol–water partition coefficient (Wildman–Crippen LogP) is 0.780. The summed E-state index contributed by atoms with van der Waals surface area (Å²) < 4.78 is 0. The second-order valence-corrected chi connectivity index (χ2v) is 5.76. The molecule has 3 N–H and O–H groups in total. The van der Waals surface area contributed by atoms with E-state index in [0.29, 0.717) is 19.5 Å². The lowest BCUT2D eigenvalue weighted by Gasteiger charge is -2.33. The van der Waals surface area contributed by atoms with Gasteiger partial charge in [-0.2, -0.15) is 11.8 Å². The number of thioether (sulfide) groups is 1. The minimum Gasteiger partial charge on any atom is -0.481 e. The lowest BCUT2D eigenvalue weighted by Crippen LogP contribution is -2.48. The lowest BCUT2D eigenvalue weighted by atomic mass is 9.94. The van der Waals surface area contributed by atoms with E-state index in [1.165, 1.54) is 0 Å². The number of amides is 1. The Morgan fingerprint density at radius 3 is 2.89 bits per heavy atom. The summed E-state index contributed by atoms with van der Waals surface area (Å²) >= 11 is 1.67. The second-order valence-electron chi connectivity index (χ2n) is 4.78. The molecule has 1 aliphatic heterocycles. The Bertz CT molecular complexity index is 299. The molecule has 1 amide bonds. The predicted molar refractivity (Wildman–Crippen MR) is 72.5 cm³/mol. The van der Waals surface area contributed by atoms with Crippen molar-refractivity contribution >= 4 is 23.6 Å². The Balaban J connectivity index is 2.44. The number of carbonyl (C=O) groups excluding carboxylic acids is 1. The first-order valence-electron chi connectivity index (χ1n) is 6.29. The fraction of sp³-hybridized carbons (Fsp3) is 0.833. The van der Waals surface area contributed by atoms with Gasteiger partial charge in [0, 0.05) is 19.5 Å². The number of hydrogen-bond donors (Lipinski definition) is 2. The summed E-state index contributed by atoms with van der Waals surface area (Å²) in [6.07, 6.45) is 4.57. The van der Waals surface area contributed by atoms with E-state index in [2.05, 4.69) is 0 Å². The van der Waals surface area contributed by atoms with Crippen molar-refractivity contribution in [1.29, 1.82) is 0 Å². The van der Waals surface area contributed by atoms with E-state index >= 15 is 0 Å². The van der Waals surface area contributed by atoms with Gasteiger partial charge in [0.2, 0.25) is 5.91 Å². The number of nitrogens with two attached hydrogens (primary N) is 1. The van der Waals surface area contributed by atoms with Gasteiger partial charge in [0.05, 0.1) is 6.04 Å². The van der Waals surface area contributed by atoms with E-state index < -0.39 is 12.0 Å². The molecular weight excluding hydrogens is 252 g/mol. The van der Waals surface area contributed by atoms with Crippen LogP contribution in [0.1, 0.15) is 25.7 Å². The molecule has 0 aromatic heterocycles. The maximum atomic E-state index is 12.1. The molecule has 0 bridgehead atoms. The zero-order valence-corrected chi connectivity index (χ0v) is 11.6. The zero-order valence-electron chi connectivity index (χ0n) is 10.8. The lowest BCUT2D eigenvalue weighted by molar-refractivity contribution is -0.141. The van der Waals surface area contributed by atoms with Crippen LogP contribution in [0, 0.1) is 5.92 Å². The summed E-state index contributed by atoms with van der Waals surface area (Å²) in [6.45, 7) is 1.25. The first-order valence-corrected chi connectivity index (χ1v) is 7.69. The fourth-order valence-corrected chi connectivity index (χ4v) is 2.77. The van der Waals surface area contributed by atoms with Gasteiger partial charge in [0.25, 0.3) is 0 Å². The average molecular weight is 274 g/mol. The van der Waals surface area contributed by atoms with Crippen LogP contribution in [0.5, 0.6) is 0 Å². The minimum atomic E-state index is -0.791. The van der Waals surface area contributed by atoms with E-state index in [0.717, 1.165) is 18.6 Å². The molecule has 0 aromatic carbocycles. The number of nitrogens with zero attached hydrogens (tertiary/aromatic N) is 1. The van der Waals surface area contributed by atoms with E-state index in [4.69, 9.17) is 10.8 Å². The standard InChI is InChI=1S/C12H22N2O3S/c1-18-6-4-10(13)12(17)14-5-2-3-9(8-14)7-11(15)16/h9-10H,2-8,13H2,1H3,(H,15,16)/t9?,10-/m0/s1. The van der Waals surface area contributed by atoms with Crippen molar-refractivity contribution in [1.82, 2.24) is 4.90 Å². The van der Waals surface area contributed by atoms with Gasteiger partial charge in [-0.05, 0) is 37.2 Å².